The number of carbonyl (C=O) groups is 2. The zero-order valence-corrected chi connectivity index (χ0v) is 12.9. The number of carboxylic acid groups (broad SMARTS) is 1. The first-order valence-electron chi connectivity index (χ1n) is 6.95. The van der Waals surface area contributed by atoms with Crippen LogP contribution in [0.25, 0.3) is 6.08 Å². The van der Waals surface area contributed by atoms with Crippen LogP contribution >= 0.6 is 0 Å². The molecule has 116 valence electrons. The quantitative estimate of drug-likeness (QED) is 0.844. The van der Waals surface area contributed by atoms with Gasteiger partial charge in [-0.25, -0.2) is 19.1 Å². The van der Waals surface area contributed by atoms with Gasteiger partial charge >= 0.3 is 12.1 Å². The van der Waals surface area contributed by atoms with E-state index in [4.69, 9.17) is 9.84 Å². The Morgan fingerprint density at radius 3 is 2.62 bits per heavy atom. The Morgan fingerprint density at radius 1 is 1.43 bits per heavy atom. The lowest BCUT2D eigenvalue weighted by molar-refractivity contribution is -0.131. The Labute approximate surface area is 124 Å². The second-order valence-electron chi connectivity index (χ2n) is 5.69. The van der Waals surface area contributed by atoms with Crippen LogP contribution in [-0.4, -0.2) is 32.3 Å². The van der Waals surface area contributed by atoms with Crippen molar-refractivity contribution in [2.75, 3.05) is 0 Å². The summed E-state index contributed by atoms with van der Waals surface area (Å²) in [5.74, 6) is -0.502. The van der Waals surface area contributed by atoms with Crippen molar-refractivity contribution in [3.8, 4) is 0 Å². The Kier molecular flexibility index (Phi) is 5.69. The fourth-order valence-corrected chi connectivity index (χ4v) is 1.71. The van der Waals surface area contributed by atoms with E-state index >= 15 is 0 Å². The number of hydrogen-bond acceptors (Lipinski definition) is 4. The second-order valence-corrected chi connectivity index (χ2v) is 5.69. The first-order valence-corrected chi connectivity index (χ1v) is 6.95. The van der Waals surface area contributed by atoms with E-state index in [2.05, 4.69) is 4.98 Å². The molecule has 0 saturated carbocycles. The average molecular weight is 294 g/mol. The number of carbonyl (C=O) groups excluding carboxylic acids is 1. The Balaban J connectivity index is 3.12. The molecule has 1 rings (SSSR count). The van der Waals surface area contributed by atoms with Crippen LogP contribution in [-0.2, 0) is 16.0 Å². The number of ether oxygens (including phenoxy) is 1. The number of aromatic nitrogens is 2. The van der Waals surface area contributed by atoms with E-state index in [9.17, 15) is 9.59 Å². The van der Waals surface area contributed by atoms with Crippen LogP contribution in [0.15, 0.2) is 12.3 Å². The van der Waals surface area contributed by atoms with Gasteiger partial charge in [-0.05, 0) is 33.3 Å². The zero-order chi connectivity index (χ0) is 16.0. The van der Waals surface area contributed by atoms with Gasteiger partial charge in [0.15, 0.2) is 0 Å². The normalized spacial score (nSPS) is 11.8. The van der Waals surface area contributed by atoms with Crippen molar-refractivity contribution in [3.63, 3.8) is 0 Å². The summed E-state index contributed by atoms with van der Waals surface area (Å²) in [6.45, 7) is 7.38. The summed E-state index contributed by atoms with van der Waals surface area (Å²) >= 11 is 0. The number of imidazole rings is 1. The molecule has 0 bridgehead atoms. The molecule has 0 aromatic carbocycles. The van der Waals surface area contributed by atoms with E-state index < -0.39 is 17.7 Å². The molecule has 0 unspecified atom stereocenters. The van der Waals surface area contributed by atoms with Crippen molar-refractivity contribution >= 4 is 18.1 Å². The van der Waals surface area contributed by atoms with Crippen LogP contribution in [0.2, 0.25) is 0 Å². The van der Waals surface area contributed by atoms with Crippen molar-refractivity contribution < 1.29 is 19.4 Å². The van der Waals surface area contributed by atoms with Gasteiger partial charge in [-0.15, -0.1) is 0 Å². The molecule has 1 heterocycles. The van der Waals surface area contributed by atoms with Gasteiger partial charge in [0.2, 0.25) is 0 Å². The summed E-state index contributed by atoms with van der Waals surface area (Å²) in [6.07, 6.45) is 5.75. The summed E-state index contributed by atoms with van der Waals surface area (Å²) in [7, 11) is 0. The SMILES string of the molecule is CCCCc1ncc(/C=C\C(=O)O)n1C(=O)OC(C)(C)C. The third-order valence-corrected chi connectivity index (χ3v) is 2.59. The molecule has 0 aliphatic carbocycles. The Hall–Kier alpha value is -2.11. The molecule has 1 aromatic rings. The summed E-state index contributed by atoms with van der Waals surface area (Å²) < 4.78 is 6.69. The Bertz CT molecular complexity index is 538. The zero-order valence-electron chi connectivity index (χ0n) is 12.9. The van der Waals surface area contributed by atoms with Crippen LogP contribution in [0, 0.1) is 0 Å². The highest BCUT2D eigenvalue weighted by molar-refractivity contribution is 5.86. The van der Waals surface area contributed by atoms with Crippen molar-refractivity contribution in [2.45, 2.75) is 52.6 Å². The highest BCUT2D eigenvalue weighted by atomic mass is 16.6. The van der Waals surface area contributed by atoms with E-state index in [1.165, 1.54) is 16.8 Å². The largest absolute Gasteiger partial charge is 0.478 e. The molecule has 0 atom stereocenters. The maximum Gasteiger partial charge on any atom is 0.420 e. The number of carboxylic acids is 1. The van der Waals surface area contributed by atoms with E-state index in [-0.39, 0.29) is 0 Å². The first kappa shape index (κ1) is 16.9. The summed E-state index contributed by atoms with van der Waals surface area (Å²) in [6, 6.07) is 0. The topological polar surface area (TPSA) is 81.4 Å². The molecule has 0 saturated heterocycles. The molecule has 1 N–H and O–H groups in total. The van der Waals surface area contributed by atoms with Gasteiger partial charge < -0.3 is 9.84 Å². The van der Waals surface area contributed by atoms with E-state index in [0.29, 0.717) is 17.9 Å². The number of aryl methyl sites for hydroxylation is 1. The maximum atomic E-state index is 12.3. The standard InChI is InChI=1S/C15H22N2O4/c1-5-6-7-12-16-10-11(8-9-13(18)19)17(12)14(20)21-15(2,3)4/h8-10H,5-7H2,1-4H3,(H,18,19)/b9-8-. The number of aliphatic carboxylic acids is 1. The monoisotopic (exact) mass is 294 g/mol. The summed E-state index contributed by atoms with van der Waals surface area (Å²) in [4.78, 5) is 27.1. The molecule has 0 amide bonds. The number of rotatable bonds is 5. The van der Waals surface area contributed by atoms with Crippen LogP contribution in [0.1, 0.15) is 52.1 Å². The van der Waals surface area contributed by atoms with Gasteiger partial charge in [-0.3, -0.25) is 0 Å². The molecule has 0 aliphatic heterocycles. The Morgan fingerprint density at radius 2 is 2.10 bits per heavy atom. The van der Waals surface area contributed by atoms with Gasteiger partial charge in [0.1, 0.15) is 11.4 Å². The van der Waals surface area contributed by atoms with Crippen LogP contribution < -0.4 is 0 Å². The molecule has 21 heavy (non-hydrogen) atoms. The van der Waals surface area contributed by atoms with Crippen molar-refractivity contribution in [2.24, 2.45) is 0 Å². The lowest BCUT2D eigenvalue weighted by atomic mass is 10.2. The van der Waals surface area contributed by atoms with Crippen molar-refractivity contribution in [1.29, 1.82) is 0 Å². The molecule has 0 spiro atoms. The predicted octanol–water partition coefficient (Wildman–Crippen LogP) is 3.11. The molecule has 0 fully saturated rings. The molecule has 0 radical (unpaired) electrons. The van der Waals surface area contributed by atoms with Crippen LogP contribution in [0.3, 0.4) is 0 Å². The summed E-state index contributed by atoms with van der Waals surface area (Å²) in [5, 5.41) is 8.71. The molecule has 1 aromatic heterocycles. The minimum absolute atomic E-state index is 0.401. The number of unbranched alkanes of at least 4 members (excludes halogenated alkanes) is 1. The molecular formula is C15H22N2O4. The number of nitrogens with zero attached hydrogens (tertiary/aromatic N) is 2. The van der Waals surface area contributed by atoms with E-state index in [1.807, 2.05) is 6.92 Å². The van der Waals surface area contributed by atoms with Crippen LogP contribution in [0.5, 0.6) is 0 Å². The van der Waals surface area contributed by atoms with Gasteiger partial charge in [0, 0.05) is 12.5 Å². The fourth-order valence-electron chi connectivity index (χ4n) is 1.71. The predicted molar refractivity (Wildman–Crippen MR) is 79.1 cm³/mol. The minimum atomic E-state index is -1.08. The van der Waals surface area contributed by atoms with Gasteiger partial charge in [-0.2, -0.15) is 0 Å². The third kappa shape index (κ3) is 5.41. The molecule has 0 aliphatic rings. The minimum Gasteiger partial charge on any atom is -0.478 e. The highest BCUT2D eigenvalue weighted by Crippen LogP contribution is 2.15. The third-order valence-electron chi connectivity index (χ3n) is 2.59. The van der Waals surface area contributed by atoms with Crippen molar-refractivity contribution in [1.82, 2.24) is 9.55 Å². The van der Waals surface area contributed by atoms with Crippen LogP contribution in [0.4, 0.5) is 4.79 Å². The lowest BCUT2D eigenvalue weighted by Gasteiger charge is -2.20. The lowest BCUT2D eigenvalue weighted by Crippen LogP contribution is -2.28. The van der Waals surface area contributed by atoms with Gasteiger partial charge in [0.25, 0.3) is 0 Å². The van der Waals surface area contributed by atoms with Gasteiger partial charge in [0.05, 0.1) is 11.9 Å². The molecule has 6 heteroatoms. The van der Waals surface area contributed by atoms with E-state index in [1.54, 1.807) is 20.8 Å². The van der Waals surface area contributed by atoms with Crippen molar-refractivity contribution in [3.05, 3.63) is 23.8 Å². The first-order chi connectivity index (χ1) is 9.74. The maximum absolute atomic E-state index is 12.3. The molecule has 6 nitrogen and oxygen atoms in total. The molecular weight excluding hydrogens is 272 g/mol. The summed E-state index contributed by atoms with van der Waals surface area (Å²) in [5.41, 5.74) is -0.227. The average Bonchev–Trinajstić information content (AvgIpc) is 2.74. The second kappa shape index (κ2) is 7.06. The highest BCUT2D eigenvalue weighted by Gasteiger charge is 2.22. The fraction of sp³-hybridized carbons (Fsp3) is 0.533. The number of hydrogen-bond donors (Lipinski definition) is 1. The van der Waals surface area contributed by atoms with Gasteiger partial charge in [-0.1, -0.05) is 13.3 Å². The van der Waals surface area contributed by atoms with E-state index in [0.717, 1.165) is 18.9 Å². The smallest absolute Gasteiger partial charge is 0.420 e.